The zero-order chi connectivity index (χ0) is 9.10. The summed E-state index contributed by atoms with van der Waals surface area (Å²) in [6.07, 6.45) is 1.10. The Morgan fingerprint density at radius 2 is 2.08 bits per heavy atom. The fraction of sp³-hybridized carbons (Fsp3) is 0.400. The predicted octanol–water partition coefficient (Wildman–Crippen LogP) is 2.57. The SMILES string of the molecule is O=S1CCCS[C@@H]1c1ccccc1. The van der Waals surface area contributed by atoms with Gasteiger partial charge in [0.05, 0.1) is 0 Å². The van der Waals surface area contributed by atoms with Crippen LogP contribution in [0.3, 0.4) is 0 Å². The molecule has 1 aromatic rings. The zero-order valence-electron chi connectivity index (χ0n) is 7.31. The first-order chi connectivity index (χ1) is 6.38. The van der Waals surface area contributed by atoms with Crippen molar-refractivity contribution >= 4 is 22.6 Å². The Kier molecular flexibility index (Phi) is 3.06. The van der Waals surface area contributed by atoms with Crippen molar-refractivity contribution in [2.24, 2.45) is 0 Å². The van der Waals surface area contributed by atoms with E-state index < -0.39 is 10.8 Å². The highest BCUT2D eigenvalue weighted by Gasteiger charge is 2.22. The normalized spacial score (nSPS) is 28.6. The topological polar surface area (TPSA) is 17.1 Å². The molecule has 1 aromatic carbocycles. The Morgan fingerprint density at radius 1 is 1.31 bits per heavy atom. The second-order valence-electron chi connectivity index (χ2n) is 3.05. The molecule has 0 aromatic heterocycles. The van der Waals surface area contributed by atoms with Crippen molar-refractivity contribution in [1.29, 1.82) is 0 Å². The second-order valence-corrected chi connectivity index (χ2v) is 6.20. The summed E-state index contributed by atoms with van der Waals surface area (Å²) in [5, 5.41) is 0. The molecule has 0 spiro atoms. The van der Waals surface area contributed by atoms with E-state index in [1.807, 2.05) is 30.0 Å². The van der Waals surface area contributed by atoms with Gasteiger partial charge in [-0.2, -0.15) is 0 Å². The lowest BCUT2D eigenvalue weighted by Crippen LogP contribution is -2.13. The number of benzene rings is 1. The predicted molar refractivity (Wildman–Crippen MR) is 59.3 cm³/mol. The maximum absolute atomic E-state index is 11.7. The first kappa shape index (κ1) is 9.28. The van der Waals surface area contributed by atoms with Crippen LogP contribution in [-0.2, 0) is 10.8 Å². The lowest BCUT2D eigenvalue weighted by atomic mass is 10.2. The van der Waals surface area contributed by atoms with Crippen molar-refractivity contribution in [2.75, 3.05) is 11.5 Å². The van der Waals surface area contributed by atoms with Crippen molar-refractivity contribution in [3.63, 3.8) is 0 Å². The summed E-state index contributed by atoms with van der Waals surface area (Å²) in [4.78, 5) is 0. The molecule has 3 heteroatoms. The van der Waals surface area contributed by atoms with Crippen molar-refractivity contribution < 1.29 is 4.21 Å². The smallest absolute Gasteiger partial charge is 0.105 e. The van der Waals surface area contributed by atoms with Crippen LogP contribution in [0.15, 0.2) is 30.3 Å². The quantitative estimate of drug-likeness (QED) is 0.711. The maximum Gasteiger partial charge on any atom is 0.105 e. The molecule has 1 saturated heterocycles. The van der Waals surface area contributed by atoms with Gasteiger partial charge in [-0.25, -0.2) is 0 Å². The molecule has 0 amide bonds. The van der Waals surface area contributed by atoms with Gasteiger partial charge in [0.25, 0.3) is 0 Å². The number of rotatable bonds is 1. The summed E-state index contributed by atoms with van der Waals surface area (Å²) >= 11 is 1.82. The molecule has 1 nitrogen and oxygen atoms in total. The third-order valence-corrected chi connectivity index (χ3v) is 5.66. The van der Waals surface area contributed by atoms with Gasteiger partial charge in [-0.15, -0.1) is 11.8 Å². The molecule has 13 heavy (non-hydrogen) atoms. The first-order valence-corrected chi connectivity index (χ1v) is 6.85. The molecule has 0 bridgehead atoms. The van der Waals surface area contributed by atoms with Crippen molar-refractivity contribution in [1.82, 2.24) is 0 Å². The van der Waals surface area contributed by atoms with Crippen LogP contribution in [0.25, 0.3) is 0 Å². The minimum Gasteiger partial charge on any atom is -0.258 e. The largest absolute Gasteiger partial charge is 0.258 e. The lowest BCUT2D eigenvalue weighted by molar-refractivity contribution is 0.679. The summed E-state index contributed by atoms with van der Waals surface area (Å²) in [6.45, 7) is 0. The highest BCUT2D eigenvalue weighted by Crippen LogP contribution is 2.36. The summed E-state index contributed by atoms with van der Waals surface area (Å²) in [5.74, 6) is 2.01. The molecule has 1 fully saturated rings. The van der Waals surface area contributed by atoms with E-state index in [0.717, 1.165) is 17.9 Å². The van der Waals surface area contributed by atoms with Gasteiger partial charge in [-0.1, -0.05) is 30.3 Å². The maximum atomic E-state index is 11.7. The van der Waals surface area contributed by atoms with Gasteiger partial charge >= 0.3 is 0 Å². The Labute approximate surface area is 85.4 Å². The molecule has 1 unspecified atom stereocenters. The van der Waals surface area contributed by atoms with Crippen LogP contribution in [0.2, 0.25) is 0 Å². The van der Waals surface area contributed by atoms with Crippen molar-refractivity contribution in [3.05, 3.63) is 35.9 Å². The van der Waals surface area contributed by atoms with E-state index in [2.05, 4.69) is 12.1 Å². The fourth-order valence-corrected chi connectivity index (χ4v) is 4.78. The van der Waals surface area contributed by atoms with Gasteiger partial charge in [0.2, 0.25) is 0 Å². The van der Waals surface area contributed by atoms with Gasteiger partial charge in [0.15, 0.2) is 0 Å². The fourth-order valence-electron chi connectivity index (χ4n) is 1.43. The third-order valence-electron chi connectivity index (χ3n) is 2.07. The minimum absolute atomic E-state index is 0.218. The number of hydrogen-bond donors (Lipinski definition) is 0. The molecule has 1 aliphatic rings. The second kappa shape index (κ2) is 4.29. The van der Waals surface area contributed by atoms with Crippen LogP contribution in [-0.4, -0.2) is 15.7 Å². The van der Waals surface area contributed by atoms with Gasteiger partial charge in [-0.3, -0.25) is 4.21 Å². The van der Waals surface area contributed by atoms with E-state index >= 15 is 0 Å². The summed E-state index contributed by atoms with van der Waals surface area (Å²) < 4.78 is 11.9. The molecule has 2 rings (SSSR count). The highest BCUT2D eigenvalue weighted by molar-refractivity contribution is 8.11. The average Bonchev–Trinajstić information content (AvgIpc) is 2.20. The molecular formula is C10H12OS2. The van der Waals surface area contributed by atoms with Crippen LogP contribution < -0.4 is 0 Å². The van der Waals surface area contributed by atoms with E-state index in [9.17, 15) is 4.21 Å². The molecule has 2 atom stereocenters. The van der Waals surface area contributed by atoms with Gasteiger partial charge in [0, 0.05) is 16.6 Å². The Balaban J connectivity index is 2.20. The lowest BCUT2D eigenvalue weighted by Gasteiger charge is -2.20. The minimum atomic E-state index is -0.666. The number of thioether (sulfide) groups is 1. The number of hydrogen-bond acceptors (Lipinski definition) is 2. The molecular weight excluding hydrogens is 200 g/mol. The molecule has 1 aliphatic heterocycles. The Bertz CT molecular complexity index is 297. The summed E-state index contributed by atoms with van der Waals surface area (Å²) in [6, 6.07) is 10.2. The van der Waals surface area contributed by atoms with E-state index in [0.29, 0.717) is 0 Å². The standard InChI is InChI=1S/C10H12OS2/c11-13-8-4-7-12-10(13)9-5-2-1-3-6-9/h1-3,5-6,10H,4,7-8H2/t10-,13?/m0/s1. The monoisotopic (exact) mass is 212 g/mol. The van der Waals surface area contributed by atoms with Crippen LogP contribution in [0.1, 0.15) is 16.6 Å². The van der Waals surface area contributed by atoms with Gasteiger partial charge in [-0.05, 0) is 17.7 Å². The zero-order valence-corrected chi connectivity index (χ0v) is 8.94. The molecule has 1 heterocycles. The highest BCUT2D eigenvalue weighted by atomic mass is 32.2. The molecule has 0 radical (unpaired) electrons. The average molecular weight is 212 g/mol. The van der Waals surface area contributed by atoms with Gasteiger partial charge < -0.3 is 0 Å². The molecule has 0 N–H and O–H groups in total. The molecule has 0 aliphatic carbocycles. The van der Waals surface area contributed by atoms with Crippen molar-refractivity contribution in [2.45, 2.75) is 11.0 Å². The van der Waals surface area contributed by atoms with Crippen LogP contribution >= 0.6 is 11.8 Å². The van der Waals surface area contributed by atoms with Crippen LogP contribution in [0.5, 0.6) is 0 Å². The Morgan fingerprint density at radius 3 is 2.77 bits per heavy atom. The van der Waals surface area contributed by atoms with E-state index in [4.69, 9.17) is 0 Å². The van der Waals surface area contributed by atoms with Crippen LogP contribution in [0.4, 0.5) is 0 Å². The third kappa shape index (κ3) is 2.15. The molecule has 70 valence electrons. The van der Waals surface area contributed by atoms with Crippen LogP contribution in [0, 0.1) is 0 Å². The van der Waals surface area contributed by atoms with Gasteiger partial charge in [0.1, 0.15) is 4.58 Å². The summed E-state index contributed by atoms with van der Waals surface area (Å²) in [5.41, 5.74) is 1.21. The summed E-state index contributed by atoms with van der Waals surface area (Å²) in [7, 11) is -0.666. The van der Waals surface area contributed by atoms with E-state index in [1.54, 1.807) is 0 Å². The molecule has 0 saturated carbocycles. The first-order valence-electron chi connectivity index (χ1n) is 4.41. The van der Waals surface area contributed by atoms with Crippen molar-refractivity contribution in [3.8, 4) is 0 Å². The van der Waals surface area contributed by atoms with E-state index in [1.165, 1.54) is 5.56 Å². The Hall–Kier alpha value is -0.280. The van der Waals surface area contributed by atoms with E-state index in [-0.39, 0.29) is 4.58 Å².